The molecule has 0 bridgehead atoms. The monoisotopic (exact) mass is 379 g/mol. The van der Waals surface area contributed by atoms with Crippen LogP contribution < -0.4 is 5.32 Å². The first-order chi connectivity index (χ1) is 13.8. The summed E-state index contributed by atoms with van der Waals surface area (Å²) in [4.78, 5) is 17.3. The number of morpholine rings is 1. The summed E-state index contributed by atoms with van der Waals surface area (Å²) >= 11 is 0. The van der Waals surface area contributed by atoms with Gasteiger partial charge in [-0.2, -0.15) is 0 Å². The van der Waals surface area contributed by atoms with Gasteiger partial charge in [0.1, 0.15) is 0 Å². The largest absolute Gasteiger partial charge is 0.379 e. The van der Waals surface area contributed by atoms with Crippen molar-refractivity contribution in [1.82, 2.24) is 9.80 Å². The van der Waals surface area contributed by atoms with Crippen LogP contribution in [0.3, 0.4) is 0 Å². The Bertz CT molecular complexity index is 753. The first-order valence-corrected chi connectivity index (χ1v) is 10.2. The van der Waals surface area contributed by atoms with Crippen molar-refractivity contribution in [2.24, 2.45) is 0 Å². The number of hydrogen-bond donors (Lipinski definition) is 1. The van der Waals surface area contributed by atoms with E-state index in [0.717, 1.165) is 45.1 Å². The maximum Gasteiger partial charge on any atom is 0.238 e. The van der Waals surface area contributed by atoms with Gasteiger partial charge in [-0.3, -0.25) is 14.6 Å². The van der Waals surface area contributed by atoms with E-state index in [9.17, 15) is 4.79 Å². The van der Waals surface area contributed by atoms with Gasteiger partial charge in [-0.15, -0.1) is 0 Å². The standard InChI is InChI=1S/C23H29N3O2/c27-23(18-26(22-10-11-22)17-19-4-2-1-3-5-19)24-21-8-6-20(7-9-21)16-25-12-14-28-15-13-25/h1-9,22H,10-18H2,(H,24,27). The molecule has 2 aromatic rings. The zero-order valence-corrected chi connectivity index (χ0v) is 16.3. The third kappa shape index (κ3) is 5.64. The fourth-order valence-electron chi connectivity index (χ4n) is 3.67. The minimum absolute atomic E-state index is 0.0590. The van der Waals surface area contributed by atoms with Gasteiger partial charge in [-0.1, -0.05) is 42.5 Å². The van der Waals surface area contributed by atoms with Crippen molar-refractivity contribution in [3.63, 3.8) is 0 Å². The molecule has 1 heterocycles. The average molecular weight is 380 g/mol. The molecule has 2 aliphatic rings. The van der Waals surface area contributed by atoms with Crippen molar-refractivity contribution in [1.29, 1.82) is 0 Å². The van der Waals surface area contributed by atoms with Crippen LogP contribution in [0.2, 0.25) is 0 Å². The Labute approximate surface area is 167 Å². The predicted octanol–water partition coefficient (Wildman–Crippen LogP) is 3.12. The number of nitrogens with one attached hydrogen (secondary N) is 1. The highest BCUT2D eigenvalue weighted by Gasteiger charge is 2.30. The van der Waals surface area contributed by atoms with Crippen molar-refractivity contribution in [2.75, 3.05) is 38.2 Å². The maximum absolute atomic E-state index is 12.6. The number of hydrogen-bond acceptors (Lipinski definition) is 4. The number of anilines is 1. The van der Waals surface area contributed by atoms with Gasteiger partial charge in [0.25, 0.3) is 0 Å². The fraction of sp³-hybridized carbons (Fsp3) is 0.435. The van der Waals surface area contributed by atoms with E-state index in [1.165, 1.54) is 24.0 Å². The topological polar surface area (TPSA) is 44.8 Å². The third-order valence-corrected chi connectivity index (χ3v) is 5.39. The van der Waals surface area contributed by atoms with Crippen LogP contribution in [0.1, 0.15) is 24.0 Å². The highest BCUT2D eigenvalue weighted by atomic mass is 16.5. The number of benzene rings is 2. The molecule has 1 aliphatic heterocycles. The first kappa shape index (κ1) is 19.1. The van der Waals surface area contributed by atoms with Crippen molar-refractivity contribution in [2.45, 2.75) is 32.0 Å². The minimum atomic E-state index is 0.0590. The quantitative estimate of drug-likeness (QED) is 0.765. The van der Waals surface area contributed by atoms with E-state index in [4.69, 9.17) is 4.74 Å². The number of carbonyl (C=O) groups excluding carboxylic acids is 1. The van der Waals surface area contributed by atoms with Gasteiger partial charge in [-0.25, -0.2) is 0 Å². The second-order valence-corrected chi connectivity index (χ2v) is 7.76. The molecule has 1 N–H and O–H groups in total. The summed E-state index contributed by atoms with van der Waals surface area (Å²) in [7, 11) is 0. The van der Waals surface area contributed by atoms with Gasteiger partial charge < -0.3 is 10.1 Å². The van der Waals surface area contributed by atoms with Gasteiger partial charge in [0.15, 0.2) is 0 Å². The maximum atomic E-state index is 12.6. The number of amides is 1. The van der Waals surface area contributed by atoms with E-state index >= 15 is 0 Å². The number of ether oxygens (including phenoxy) is 1. The van der Waals surface area contributed by atoms with Gasteiger partial charge >= 0.3 is 0 Å². The zero-order chi connectivity index (χ0) is 19.2. The molecule has 0 unspecified atom stereocenters. The Kier molecular flexibility index (Phi) is 6.37. The summed E-state index contributed by atoms with van der Waals surface area (Å²) in [5.74, 6) is 0.0590. The van der Waals surface area contributed by atoms with Crippen LogP contribution in [0.4, 0.5) is 5.69 Å². The summed E-state index contributed by atoms with van der Waals surface area (Å²) in [6.45, 7) is 5.80. The van der Waals surface area contributed by atoms with E-state index in [1.54, 1.807) is 0 Å². The molecule has 2 aromatic carbocycles. The predicted molar refractivity (Wildman–Crippen MR) is 111 cm³/mol. The first-order valence-electron chi connectivity index (χ1n) is 10.2. The normalized spacial score (nSPS) is 17.6. The van der Waals surface area contributed by atoms with E-state index in [2.05, 4.69) is 51.5 Å². The van der Waals surface area contributed by atoms with E-state index in [1.807, 2.05) is 18.2 Å². The second kappa shape index (κ2) is 9.32. The smallest absolute Gasteiger partial charge is 0.238 e. The Morgan fingerprint density at radius 1 is 1.00 bits per heavy atom. The van der Waals surface area contributed by atoms with E-state index < -0.39 is 0 Å². The molecule has 5 nitrogen and oxygen atoms in total. The molecule has 1 amide bonds. The lowest BCUT2D eigenvalue weighted by Gasteiger charge is -2.26. The summed E-state index contributed by atoms with van der Waals surface area (Å²) in [6, 6.07) is 19.2. The number of nitrogens with zero attached hydrogens (tertiary/aromatic N) is 2. The second-order valence-electron chi connectivity index (χ2n) is 7.76. The molecule has 5 heteroatoms. The molecule has 1 aliphatic carbocycles. The SMILES string of the molecule is O=C(CN(Cc1ccccc1)C1CC1)Nc1ccc(CN2CCOCC2)cc1. The fourth-order valence-corrected chi connectivity index (χ4v) is 3.67. The van der Waals surface area contributed by atoms with Crippen LogP contribution in [-0.2, 0) is 22.6 Å². The Morgan fingerprint density at radius 3 is 2.39 bits per heavy atom. The van der Waals surface area contributed by atoms with Gasteiger partial charge in [0, 0.05) is 37.9 Å². The highest BCUT2D eigenvalue weighted by molar-refractivity contribution is 5.92. The Hall–Kier alpha value is -2.21. The van der Waals surface area contributed by atoms with Crippen LogP contribution in [-0.4, -0.2) is 54.6 Å². The molecule has 0 atom stereocenters. The molecule has 0 spiro atoms. The van der Waals surface area contributed by atoms with Crippen LogP contribution in [0.15, 0.2) is 54.6 Å². The van der Waals surface area contributed by atoms with Gasteiger partial charge in [0.05, 0.1) is 19.8 Å². The molecule has 4 rings (SSSR count). The van der Waals surface area contributed by atoms with Crippen molar-refractivity contribution in [3.05, 3.63) is 65.7 Å². The molecular weight excluding hydrogens is 350 g/mol. The third-order valence-electron chi connectivity index (χ3n) is 5.39. The molecule has 1 saturated heterocycles. The van der Waals surface area contributed by atoms with Crippen molar-refractivity contribution >= 4 is 11.6 Å². The summed E-state index contributed by atoms with van der Waals surface area (Å²) in [5.41, 5.74) is 3.39. The van der Waals surface area contributed by atoms with Crippen molar-refractivity contribution in [3.8, 4) is 0 Å². The van der Waals surface area contributed by atoms with Crippen LogP contribution >= 0.6 is 0 Å². The highest BCUT2D eigenvalue weighted by Crippen LogP contribution is 2.28. The van der Waals surface area contributed by atoms with E-state index in [-0.39, 0.29) is 5.91 Å². The summed E-state index contributed by atoms with van der Waals surface area (Å²) in [5, 5.41) is 3.06. The number of carbonyl (C=O) groups is 1. The minimum Gasteiger partial charge on any atom is -0.379 e. The lowest BCUT2D eigenvalue weighted by atomic mass is 10.2. The van der Waals surface area contributed by atoms with Gasteiger partial charge in [-0.05, 0) is 36.1 Å². The Morgan fingerprint density at radius 2 is 1.71 bits per heavy atom. The zero-order valence-electron chi connectivity index (χ0n) is 16.3. The Balaban J connectivity index is 1.28. The molecule has 28 heavy (non-hydrogen) atoms. The molecule has 1 saturated carbocycles. The molecule has 148 valence electrons. The molecule has 2 fully saturated rings. The van der Waals surface area contributed by atoms with E-state index in [0.29, 0.717) is 12.6 Å². The lowest BCUT2D eigenvalue weighted by molar-refractivity contribution is -0.117. The number of rotatable bonds is 8. The van der Waals surface area contributed by atoms with Crippen LogP contribution in [0.5, 0.6) is 0 Å². The van der Waals surface area contributed by atoms with Crippen LogP contribution in [0, 0.1) is 0 Å². The average Bonchev–Trinajstić information content (AvgIpc) is 3.56. The summed E-state index contributed by atoms with van der Waals surface area (Å²) < 4.78 is 5.40. The van der Waals surface area contributed by atoms with Crippen molar-refractivity contribution < 1.29 is 9.53 Å². The molecule has 0 radical (unpaired) electrons. The molecule has 0 aromatic heterocycles. The summed E-state index contributed by atoms with van der Waals surface area (Å²) in [6.07, 6.45) is 2.38. The van der Waals surface area contributed by atoms with Gasteiger partial charge in [0.2, 0.25) is 5.91 Å². The van der Waals surface area contributed by atoms with Crippen LogP contribution in [0.25, 0.3) is 0 Å². The lowest BCUT2D eigenvalue weighted by Crippen LogP contribution is -2.35. The molecular formula is C23H29N3O2.